The molecule has 0 spiro atoms. The second kappa shape index (κ2) is 5.69. The van der Waals surface area contributed by atoms with Crippen LogP contribution in [0.1, 0.15) is 59.7 Å². The Morgan fingerprint density at radius 2 is 2.05 bits per heavy atom. The van der Waals surface area contributed by atoms with E-state index in [1.165, 1.54) is 31.1 Å². The molecule has 0 amide bonds. The number of hydrogen-bond donors (Lipinski definition) is 1. The molecule has 1 aromatic rings. The van der Waals surface area contributed by atoms with Gasteiger partial charge in [-0.2, -0.15) is 0 Å². The molecule has 0 aliphatic heterocycles. The Bertz CT molecular complexity index is 461. The third-order valence-corrected chi connectivity index (χ3v) is 4.68. The van der Waals surface area contributed by atoms with Gasteiger partial charge in [-0.05, 0) is 19.8 Å². The van der Waals surface area contributed by atoms with Gasteiger partial charge in [0.2, 0.25) is 0 Å². The number of anilines is 1. The Labute approximate surface area is 116 Å². The zero-order valence-corrected chi connectivity index (χ0v) is 12.0. The van der Waals surface area contributed by atoms with Crippen molar-refractivity contribution in [1.29, 1.82) is 0 Å². The molecule has 0 radical (unpaired) electrons. The molecule has 0 bridgehead atoms. The first-order chi connectivity index (χ1) is 9.04. The average Bonchev–Trinajstić information content (AvgIpc) is 2.98. The molecule has 19 heavy (non-hydrogen) atoms. The van der Waals surface area contributed by atoms with Crippen LogP contribution in [0.3, 0.4) is 0 Å². The van der Waals surface area contributed by atoms with Gasteiger partial charge in [0.25, 0.3) is 0 Å². The quantitative estimate of drug-likeness (QED) is 0.841. The van der Waals surface area contributed by atoms with E-state index in [0.717, 1.165) is 19.4 Å². The molecular formula is C13H18N2O3S. The summed E-state index contributed by atoms with van der Waals surface area (Å²) >= 11 is 1.20. The van der Waals surface area contributed by atoms with E-state index in [4.69, 9.17) is 5.11 Å². The molecule has 5 nitrogen and oxygen atoms in total. The Morgan fingerprint density at radius 1 is 1.42 bits per heavy atom. The highest BCUT2D eigenvalue weighted by atomic mass is 32.1. The van der Waals surface area contributed by atoms with E-state index in [-0.39, 0.29) is 16.4 Å². The lowest BCUT2D eigenvalue weighted by molar-refractivity contribution is 0.0687. The van der Waals surface area contributed by atoms with E-state index in [9.17, 15) is 9.59 Å². The number of nitrogens with zero attached hydrogens (tertiary/aromatic N) is 2. The van der Waals surface area contributed by atoms with Crippen LogP contribution in [0.5, 0.6) is 0 Å². The number of rotatable bonds is 5. The number of hydrogen-bond acceptors (Lipinski definition) is 5. The minimum absolute atomic E-state index is 0.107. The average molecular weight is 282 g/mol. The topological polar surface area (TPSA) is 70.5 Å². The van der Waals surface area contributed by atoms with Crippen molar-refractivity contribution in [2.45, 2.75) is 45.6 Å². The molecule has 0 saturated heterocycles. The maximum Gasteiger partial charge on any atom is 0.356 e. The molecular weight excluding hydrogens is 264 g/mol. The third-order valence-electron chi connectivity index (χ3n) is 3.49. The predicted molar refractivity (Wildman–Crippen MR) is 74.4 cm³/mol. The second-order valence-corrected chi connectivity index (χ2v) is 5.74. The largest absolute Gasteiger partial charge is 0.476 e. The molecule has 6 heteroatoms. The third kappa shape index (κ3) is 2.78. The molecule has 1 heterocycles. The van der Waals surface area contributed by atoms with Crippen LogP contribution in [-0.4, -0.2) is 34.4 Å². The van der Waals surface area contributed by atoms with Crippen LogP contribution < -0.4 is 4.90 Å². The lowest BCUT2D eigenvalue weighted by Gasteiger charge is -2.26. The number of carboxylic acid groups (broad SMARTS) is 1. The van der Waals surface area contributed by atoms with Gasteiger partial charge in [-0.3, -0.25) is 4.79 Å². The summed E-state index contributed by atoms with van der Waals surface area (Å²) in [7, 11) is 0. The summed E-state index contributed by atoms with van der Waals surface area (Å²) in [5.74, 6) is -1.36. The van der Waals surface area contributed by atoms with Crippen LogP contribution in [0, 0.1) is 0 Å². The first kappa shape index (κ1) is 14.0. The van der Waals surface area contributed by atoms with E-state index in [1.54, 1.807) is 0 Å². The van der Waals surface area contributed by atoms with E-state index in [2.05, 4.69) is 9.88 Å². The van der Waals surface area contributed by atoms with Crippen molar-refractivity contribution in [2.24, 2.45) is 0 Å². The number of aromatic carboxylic acids is 1. The van der Waals surface area contributed by atoms with Crippen molar-refractivity contribution in [3.63, 3.8) is 0 Å². The minimum atomic E-state index is -1.13. The summed E-state index contributed by atoms with van der Waals surface area (Å²) in [6.07, 6.45) is 4.65. The van der Waals surface area contributed by atoms with Gasteiger partial charge >= 0.3 is 5.97 Å². The molecule has 1 aliphatic rings. The van der Waals surface area contributed by atoms with Crippen LogP contribution in [0.4, 0.5) is 5.13 Å². The van der Waals surface area contributed by atoms with Crippen molar-refractivity contribution in [2.75, 3.05) is 11.4 Å². The number of thiazole rings is 1. The molecule has 1 fully saturated rings. The van der Waals surface area contributed by atoms with Crippen LogP contribution in [0.2, 0.25) is 0 Å². The molecule has 104 valence electrons. The van der Waals surface area contributed by atoms with Crippen molar-refractivity contribution in [1.82, 2.24) is 4.98 Å². The summed E-state index contributed by atoms with van der Waals surface area (Å²) in [6.45, 7) is 4.21. The summed E-state index contributed by atoms with van der Waals surface area (Å²) in [5.41, 5.74) is -0.107. The maximum absolute atomic E-state index is 11.5. The van der Waals surface area contributed by atoms with Gasteiger partial charge in [-0.15, -0.1) is 0 Å². The Balaban J connectivity index is 2.35. The number of Topliss-reactive ketones (excluding diaryl/α,β-unsaturated/α-hetero) is 1. The highest BCUT2D eigenvalue weighted by molar-refractivity contribution is 7.17. The normalized spacial score (nSPS) is 15.7. The predicted octanol–water partition coefficient (Wildman–Crippen LogP) is 2.81. The van der Waals surface area contributed by atoms with Crippen molar-refractivity contribution < 1.29 is 14.7 Å². The smallest absolute Gasteiger partial charge is 0.356 e. The molecule has 0 unspecified atom stereocenters. The molecule has 1 aromatic heterocycles. The molecule has 1 N–H and O–H groups in total. The summed E-state index contributed by atoms with van der Waals surface area (Å²) < 4.78 is 0. The van der Waals surface area contributed by atoms with E-state index < -0.39 is 5.97 Å². The first-order valence-electron chi connectivity index (χ1n) is 6.56. The molecule has 2 rings (SSSR count). The van der Waals surface area contributed by atoms with Crippen LogP contribution in [0.15, 0.2) is 0 Å². The molecule has 0 atom stereocenters. The molecule has 1 aliphatic carbocycles. The van der Waals surface area contributed by atoms with E-state index >= 15 is 0 Å². The number of carbonyl (C=O) groups is 2. The van der Waals surface area contributed by atoms with Crippen LogP contribution >= 0.6 is 11.3 Å². The maximum atomic E-state index is 11.5. The standard InChI is InChI=1S/C13H18N2O3S/c1-3-15(9-6-4-5-7-9)13-14-10(12(17)18)11(19-13)8(2)16/h9H,3-7H2,1-2H3,(H,17,18). The summed E-state index contributed by atoms with van der Waals surface area (Å²) in [4.78, 5) is 29.2. The zero-order valence-electron chi connectivity index (χ0n) is 11.2. The van der Waals surface area contributed by atoms with Crippen LogP contribution in [-0.2, 0) is 0 Å². The van der Waals surface area contributed by atoms with Crippen molar-refractivity contribution >= 4 is 28.2 Å². The number of carbonyl (C=O) groups excluding carboxylic acids is 1. The van der Waals surface area contributed by atoms with Gasteiger partial charge in [0.1, 0.15) is 4.88 Å². The number of aromatic nitrogens is 1. The Kier molecular flexibility index (Phi) is 4.19. The lowest BCUT2D eigenvalue weighted by atomic mass is 10.2. The van der Waals surface area contributed by atoms with Gasteiger partial charge < -0.3 is 10.0 Å². The summed E-state index contributed by atoms with van der Waals surface area (Å²) in [5, 5.41) is 9.79. The Hall–Kier alpha value is -1.43. The minimum Gasteiger partial charge on any atom is -0.476 e. The number of ketones is 1. The fourth-order valence-electron chi connectivity index (χ4n) is 2.58. The highest BCUT2D eigenvalue weighted by Gasteiger charge is 2.27. The monoisotopic (exact) mass is 282 g/mol. The lowest BCUT2D eigenvalue weighted by Crippen LogP contribution is -2.32. The fraction of sp³-hybridized carbons (Fsp3) is 0.615. The molecule has 0 aromatic carbocycles. The van der Waals surface area contributed by atoms with Crippen LogP contribution in [0.25, 0.3) is 0 Å². The van der Waals surface area contributed by atoms with Gasteiger partial charge in [0, 0.05) is 19.5 Å². The number of carboxylic acids is 1. The van der Waals surface area contributed by atoms with Gasteiger partial charge in [0.05, 0.1) is 0 Å². The molecule has 1 saturated carbocycles. The highest BCUT2D eigenvalue weighted by Crippen LogP contribution is 2.32. The summed E-state index contributed by atoms with van der Waals surface area (Å²) in [6, 6.07) is 0.428. The van der Waals surface area contributed by atoms with Crippen molar-refractivity contribution in [3.8, 4) is 0 Å². The zero-order chi connectivity index (χ0) is 14.0. The second-order valence-electron chi connectivity index (χ2n) is 4.76. The Morgan fingerprint density at radius 3 is 2.47 bits per heavy atom. The van der Waals surface area contributed by atoms with Gasteiger partial charge in [-0.1, -0.05) is 24.2 Å². The SMILES string of the molecule is CCN(c1nc(C(=O)O)c(C(C)=O)s1)C1CCCC1. The first-order valence-corrected chi connectivity index (χ1v) is 7.38. The van der Waals surface area contributed by atoms with Gasteiger partial charge in [0.15, 0.2) is 16.6 Å². The van der Waals surface area contributed by atoms with Gasteiger partial charge in [-0.25, -0.2) is 9.78 Å². The van der Waals surface area contributed by atoms with Crippen molar-refractivity contribution in [3.05, 3.63) is 10.6 Å². The van der Waals surface area contributed by atoms with E-state index in [1.807, 2.05) is 6.92 Å². The van der Waals surface area contributed by atoms with E-state index in [0.29, 0.717) is 11.2 Å². The fourth-order valence-corrected chi connectivity index (χ4v) is 3.67.